The quantitative estimate of drug-likeness (QED) is 0.725. The van der Waals surface area contributed by atoms with Crippen molar-refractivity contribution in [3.05, 3.63) is 63.1 Å². The maximum absolute atomic E-state index is 8.83. The van der Waals surface area contributed by atoms with Crippen LogP contribution >= 0.6 is 15.9 Å². The van der Waals surface area contributed by atoms with Gasteiger partial charge >= 0.3 is 0 Å². The van der Waals surface area contributed by atoms with Crippen molar-refractivity contribution >= 4 is 15.9 Å². The normalized spacial score (nSPS) is 11.1. The van der Waals surface area contributed by atoms with E-state index in [1.54, 1.807) is 0 Å². The maximum Gasteiger partial charge on any atom is 0.123 e. The third kappa shape index (κ3) is 3.90. The molecule has 0 heterocycles. The zero-order valence-electron chi connectivity index (χ0n) is 13.4. The molecule has 2 rings (SSSR count). The molecule has 2 aromatic rings. The fraction of sp³-hybridized carbons (Fsp3) is 0.316. The molecule has 0 saturated carbocycles. The third-order valence-electron chi connectivity index (χ3n) is 3.55. The highest BCUT2D eigenvalue weighted by Crippen LogP contribution is 2.36. The highest BCUT2D eigenvalue weighted by atomic mass is 79.9. The molecule has 0 fully saturated rings. The van der Waals surface area contributed by atoms with E-state index in [2.05, 4.69) is 61.8 Å². The Morgan fingerprint density at radius 1 is 1.14 bits per heavy atom. The lowest BCUT2D eigenvalue weighted by Gasteiger charge is -2.24. The van der Waals surface area contributed by atoms with Crippen molar-refractivity contribution in [1.82, 2.24) is 0 Å². The molecule has 22 heavy (non-hydrogen) atoms. The Morgan fingerprint density at radius 2 is 1.77 bits per heavy atom. The maximum atomic E-state index is 8.83. The minimum absolute atomic E-state index is 0.0101. The summed E-state index contributed by atoms with van der Waals surface area (Å²) < 4.78 is 7.16. The zero-order chi connectivity index (χ0) is 16.3. The van der Waals surface area contributed by atoms with Gasteiger partial charge in [0.15, 0.2) is 0 Å². The van der Waals surface area contributed by atoms with Gasteiger partial charge in [0.1, 0.15) is 12.4 Å². The molecule has 0 spiro atoms. The first kappa shape index (κ1) is 16.6. The van der Waals surface area contributed by atoms with Gasteiger partial charge in [-0.25, -0.2) is 0 Å². The number of rotatable bonds is 3. The van der Waals surface area contributed by atoms with Crippen LogP contribution in [0.2, 0.25) is 0 Å². The van der Waals surface area contributed by atoms with Crippen LogP contribution in [0.3, 0.4) is 0 Å². The summed E-state index contributed by atoms with van der Waals surface area (Å²) in [6.45, 7) is 9.09. The Morgan fingerprint density at radius 3 is 2.32 bits per heavy atom. The van der Waals surface area contributed by atoms with Crippen LogP contribution in [0.1, 0.15) is 43.0 Å². The zero-order valence-corrected chi connectivity index (χ0v) is 15.0. The number of hydrogen-bond donors (Lipinski definition) is 0. The van der Waals surface area contributed by atoms with Gasteiger partial charge in [-0.05, 0) is 47.7 Å². The van der Waals surface area contributed by atoms with Crippen molar-refractivity contribution in [2.24, 2.45) is 0 Å². The molecule has 0 saturated heterocycles. The molecule has 0 bridgehead atoms. The number of benzene rings is 2. The van der Waals surface area contributed by atoms with E-state index < -0.39 is 0 Å². The Hall–Kier alpha value is -1.79. The molecular weight excluding hydrogens is 338 g/mol. The molecule has 0 radical (unpaired) electrons. The number of halogens is 1. The van der Waals surface area contributed by atoms with E-state index in [1.165, 1.54) is 5.56 Å². The Balaban J connectivity index is 2.25. The number of nitrogens with zero attached hydrogens (tertiary/aromatic N) is 1. The van der Waals surface area contributed by atoms with Gasteiger partial charge in [0.05, 0.1) is 11.6 Å². The van der Waals surface area contributed by atoms with Crippen LogP contribution in [-0.2, 0) is 12.0 Å². The Kier molecular flexibility index (Phi) is 4.93. The van der Waals surface area contributed by atoms with Crippen molar-refractivity contribution in [1.29, 1.82) is 5.26 Å². The molecule has 0 aliphatic heterocycles. The molecular formula is C19H20BrNO. The molecule has 0 aromatic heterocycles. The average Bonchev–Trinajstić information content (AvgIpc) is 2.47. The second-order valence-corrected chi connectivity index (χ2v) is 7.30. The topological polar surface area (TPSA) is 33.0 Å². The van der Waals surface area contributed by atoms with Gasteiger partial charge in [0.2, 0.25) is 0 Å². The summed E-state index contributed by atoms with van der Waals surface area (Å²) in [5.41, 5.74) is 4.07. The van der Waals surface area contributed by atoms with Crippen molar-refractivity contribution in [2.75, 3.05) is 0 Å². The minimum Gasteiger partial charge on any atom is -0.489 e. The predicted octanol–water partition coefficient (Wildman–Crippen LogP) is 5.51. The lowest BCUT2D eigenvalue weighted by molar-refractivity contribution is 0.297. The van der Waals surface area contributed by atoms with Crippen LogP contribution in [0.4, 0.5) is 0 Å². The molecule has 0 atom stereocenters. The fourth-order valence-electron chi connectivity index (χ4n) is 2.20. The first-order valence-electron chi connectivity index (χ1n) is 7.24. The highest BCUT2D eigenvalue weighted by molar-refractivity contribution is 9.10. The second kappa shape index (κ2) is 6.54. The van der Waals surface area contributed by atoms with Gasteiger partial charge in [0.25, 0.3) is 0 Å². The Bertz CT molecular complexity index is 706. The average molecular weight is 358 g/mol. The summed E-state index contributed by atoms with van der Waals surface area (Å²) in [7, 11) is 0. The first-order valence-corrected chi connectivity index (χ1v) is 8.03. The highest BCUT2D eigenvalue weighted by Gasteiger charge is 2.20. The molecule has 0 aliphatic carbocycles. The number of hydrogen-bond acceptors (Lipinski definition) is 2. The van der Waals surface area contributed by atoms with Crippen LogP contribution < -0.4 is 4.74 Å². The lowest BCUT2D eigenvalue weighted by Crippen LogP contribution is -2.14. The lowest BCUT2D eigenvalue weighted by atomic mass is 9.86. The largest absolute Gasteiger partial charge is 0.489 e. The third-order valence-corrected chi connectivity index (χ3v) is 4.40. The van der Waals surface area contributed by atoms with E-state index in [4.69, 9.17) is 10.00 Å². The molecule has 0 amide bonds. The van der Waals surface area contributed by atoms with Crippen molar-refractivity contribution in [3.63, 3.8) is 0 Å². The SMILES string of the molecule is Cc1cc(OCc2ccc(C#N)cc2)c(C(C)(C)C)cc1Br. The summed E-state index contributed by atoms with van der Waals surface area (Å²) in [5.74, 6) is 0.914. The molecule has 2 aromatic carbocycles. The van der Waals surface area contributed by atoms with Crippen molar-refractivity contribution in [3.8, 4) is 11.8 Å². The number of aryl methyl sites for hydroxylation is 1. The van der Waals surface area contributed by atoms with Gasteiger partial charge in [0, 0.05) is 10.0 Å². The van der Waals surface area contributed by atoms with Gasteiger partial charge in [-0.3, -0.25) is 0 Å². The van der Waals surface area contributed by atoms with E-state index in [9.17, 15) is 0 Å². The van der Waals surface area contributed by atoms with E-state index in [1.807, 2.05) is 24.3 Å². The molecule has 114 valence electrons. The van der Waals surface area contributed by atoms with Crippen molar-refractivity contribution in [2.45, 2.75) is 39.7 Å². The molecule has 0 aliphatic rings. The van der Waals surface area contributed by atoms with Gasteiger partial charge in [-0.2, -0.15) is 5.26 Å². The molecule has 0 unspecified atom stereocenters. The van der Waals surface area contributed by atoms with E-state index in [0.29, 0.717) is 12.2 Å². The number of nitriles is 1. The van der Waals surface area contributed by atoms with Crippen molar-refractivity contribution < 1.29 is 4.74 Å². The van der Waals surface area contributed by atoms with Crippen LogP contribution in [0.15, 0.2) is 40.9 Å². The van der Waals surface area contributed by atoms with Crippen LogP contribution in [0, 0.1) is 18.3 Å². The van der Waals surface area contributed by atoms with E-state index in [-0.39, 0.29) is 5.41 Å². The summed E-state index contributed by atoms with van der Waals surface area (Å²) in [4.78, 5) is 0. The van der Waals surface area contributed by atoms with Crippen LogP contribution in [0.25, 0.3) is 0 Å². The summed E-state index contributed by atoms with van der Waals surface area (Å²) >= 11 is 3.60. The first-order chi connectivity index (χ1) is 10.3. The van der Waals surface area contributed by atoms with Crippen LogP contribution in [0.5, 0.6) is 5.75 Å². The van der Waals surface area contributed by atoms with Gasteiger partial charge in [-0.1, -0.05) is 48.8 Å². The molecule has 3 heteroatoms. The Labute approximate surface area is 140 Å². The smallest absolute Gasteiger partial charge is 0.123 e. The van der Waals surface area contributed by atoms with E-state index >= 15 is 0 Å². The van der Waals surface area contributed by atoms with Crippen LogP contribution in [-0.4, -0.2) is 0 Å². The fourth-order valence-corrected chi connectivity index (χ4v) is 2.54. The molecule has 0 N–H and O–H groups in total. The summed E-state index contributed by atoms with van der Waals surface area (Å²) in [6, 6.07) is 13.8. The van der Waals surface area contributed by atoms with Gasteiger partial charge < -0.3 is 4.74 Å². The molecule has 2 nitrogen and oxygen atoms in total. The van der Waals surface area contributed by atoms with Gasteiger partial charge in [-0.15, -0.1) is 0 Å². The monoisotopic (exact) mass is 357 g/mol. The summed E-state index contributed by atoms with van der Waals surface area (Å²) in [5, 5.41) is 8.83. The predicted molar refractivity (Wildman–Crippen MR) is 93.1 cm³/mol. The summed E-state index contributed by atoms with van der Waals surface area (Å²) in [6.07, 6.45) is 0. The van der Waals surface area contributed by atoms with E-state index in [0.717, 1.165) is 21.3 Å². The second-order valence-electron chi connectivity index (χ2n) is 6.44. The standard InChI is InChI=1S/C19H20BrNO/c1-13-9-18(16(10-17(13)20)19(2,3)4)22-12-15-7-5-14(11-21)6-8-15/h5-10H,12H2,1-4H3. The minimum atomic E-state index is 0.0101. The number of ether oxygens (including phenoxy) is 1.